The van der Waals surface area contributed by atoms with Gasteiger partial charge < -0.3 is 9.84 Å². The third-order valence-corrected chi connectivity index (χ3v) is 4.41. The summed E-state index contributed by atoms with van der Waals surface area (Å²) in [5.74, 6) is -0.681. The number of hydrogen-bond donors (Lipinski definition) is 1. The Morgan fingerprint density at radius 2 is 1.90 bits per heavy atom. The Kier molecular flexibility index (Phi) is 5.12. The average molecular weight is 290 g/mol. The monoisotopic (exact) mass is 290 g/mol. The highest BCUT2D eigenvalue weighted by Gasteiger charge is 2.48. The second-order valence-electron chi connectivity index (χ2n) is 5.69. The van der Waals surface area contributed by atoms with Crippen molar-refractivity contribution in [3.8, 4) is 0 Å². The van der Waals surface area contributed by atoms with Crippen LogP contribution in [0.15, 0.2) is 30.3 Å². The number of carbonyl (C=O) groups is 2. The van der Waals surface area contributed by atoms with E-state index in [4.69, 9.17) is 4.74 Å². The third-order valence-electron chi connectivity index (χ3n) is 4.41. The number of benzene rings is 1. The van der Waals surface area contributed by atoms with Crippen molar-refractivity contribution in [1.29, 1.82) is 0 Å². The number of carboxylic acids is 1. The molecule has 0 spiro atoms. The largest absolute Gasteiger partial charge is 0.481 e. The van der Waals surface area contributed by atoms with Crippen LogP contribution >= 0.6 is 0 Å². The number of carboxylic acid groups (broad SMARTS) is 1. The minimum Gasteiger partial charge on any atom is -0.481 e. The van der Waals surface area contributed by atoms with Crippen molar-refractivity contribution < 1.29 is 19.4 Å². The van der Waals surface area contributed by atoms with Crippen LogP contribution in [0.5, 0.6) is 0 Å². The van der Waals surface area contributed by atoms with Gasteiger partial charge in [-0.15, -0.1) is 0 Å². The molecule has 0 aromatic heterocycles. The molecule has 0 bridgehead atoms. The van der Waals surface area contributed by atoms with Crippen LogP contribution in [0.1, 0.15) is 44.6 Å². The fourth-order valence-corrected chi connectivity index (χ4v) is 3.09. The standard InChI is InChI=1S/C17H22O4/c1-2-15(21-12-13-6-4-3-5-7-13)17(16(19)20)10-8-14(18)9-11-17/h3-7,15H,2,8-12H2,1H3,(H,19,20). The van der Waals surface area contributed by atoms with E-state index in [-0.39, 0.29) is 11.9 Å². The molecule has 1 aliphatic carbocycles. The maximum Gasteiger partial charge on any atom is 0.312 e. The lowest BCUT2D eigenvalue weighted by atomic mass is 9.69. The van der Waals surface area contributed by atoms with Gasteiger partial charge in [-0.25, -0.2) is 0 Å². The molecule has 114 valence electrons. The van der Waals surface area contributed by atoms with Crippen LogP contribution in [0.4, 0.5) is 0 Å². The second-order valence-corrected chi connectivity index (χ2v) is 5.69. The van der Waals surface area contributed by atoms with E-state index in [1.54, 1.807) is 0 Å². The molecule has 1 fully saturated rings. The lowest BCUT2D eigenvalue weighted by molar-refractivity contribution is -0.166. The van der Waals surface area contributed by atoms with Gasteiger partial charge in [0.25, 0.3) is 0 Å². The minimum absolute atomic E-state index is 0.157. The van der Waals surface area contributed by atoms with Crippen LogP contribution in [-0.2, 0) is 20.9 Å². The molecular weight excluding hydrogens is 268 g/mol. The first-order chi connectivity index (χ1) is 10.1. The molecule has 0 aliphatic heterocycles. The van der Waals surface area contributed by atoms with E-state index in [2.05, 4.69) is 0 Å². The van der Waals surface area contributed by atoms with Crippen molar-refractivity contribution in [3.05, 3.63) is 35.9 Å². The summed E-state index contributed by atoms with van der Waals surface area (Å²) < 4.78 is 5.92. The molecule has 1 aromatic rings. The summed E-state index contributed by atoms with van der Waals surface area (Å²) in [4.78, 5) is 23.2. The van der Waals surface area contributed by atoms with Crippen LogP contribution in [0.2, 0.25) is 0 Å². The van der Waals surface area contributed by atoms with Gasteiger partial charge in [0.15, 0.2) is 0 Å². The van der Waals surface area contributed by atoms with Crippen LogP contribution in [-0.4, -0.2) is 23.0 Å². The van der Waals surface area contributed by atoms with E-state index in [9.17, 15) is 14.7 Å². The summed E-state index contributed by atoms with van der Waals surface area (Å²) in [7, 11) is 0. The molecule has 1 aliphatic rings. The molecule has 4 heteroatoms. The molecule has 1 saturated carbocycles. The molecular formula is C17H22O4. The van der Waals surface area contributed by atoms with Gasteiger partial charge >= 0.3 is 5.97 Å². The topological polar surface area (TPSA) is 63.6 Å². The molecule has 0 radical (unpaired) electrons. The van der Waals surface area contributed by atoms with Crippen LogP contribution in [0, 0.1) is 5.41 Å². The predicted molar refractivity (Wildman–Crippen MR) is 78.9 cm³/mol. The van der Waals surface area contributed by atoms with Gasteiger partial charge in [0.2, 0.25) is 0 Å². The molecule has 0 saturated heterocycles. The fraction of sp³-hybridized carbons (Fsp3) is 0.529. The van der Waals surface area contributed by atoms with E-state index >= 15 is 0 Å². The summed E-state index contributed by atoms with van der Waals surface area (Å²) in [6, 6.07) is 9.74. The Hall–Kier alpha value is -1.68. The summed E-state index contributed by atoms with van der Waals surface area (Å²) in [6.45, 7) is 2.35. The van der Waals surface area contributed by atoms with Gasteiger partial charge in [-0.3, -0.25) is 9.59 Å². The predicted octanol–water partition coefficient (Wildman–Crippen LogP) is 3.20. The number of carbonyl (C=O) groups excluding carboxylic acids is 1. The highest BCUT2D eigenvalue weighted by atomic mass is 16.5. The van der Waals surface area contributed by atoms with Gasteiger partial charge in [-0.1, -0.05) is 37.3 Å². The Morgan fingerprint density at radius 3 is 2.43 bits per heavy atom. The lowest BCUT2D eigenvalue weighted by Crippen LogP contribution is -2.46. The van der Waals surface area contributed by atoms with E-state index in [0.717, 1.165) is 5.56 Å². The molecule has 1 N–H and O–H groups in total. The summed E-state index contributed by atoms with van der Waals surface area (Å²) in [5.41, 5.74) is 0.112. The third kappa shape index (κ3) is 3.50. The number of Topliss-reactive ketones (excluding diaryl/α,β-unsaturated/α-hetero) is 1. The van der Waals surface area contributed by atoms with Gasteiger partial charge in [-0.2, -0.15) is 0 Å². The summed E-state index contributed by atoms with van der Waals surface area (Å²) >= 11 is 0. The van der Waals surface area contributed by atoms with E-state index in [1.807, 2.05) is 37.3 Å². The van der Waals surface area contributed by atoms with Gasteiger partial charge in [-0.05, 0) is 24.8 Å². The highest BCUT2D eigenvalue weighted by Crippen LogP contribution is 2.41. The first-order valence-corrected chi connectivity index (χ1v) is 7.49. The number of aliphatic carboxylic acids is 1. The smallest absolute Gasteiger partial charge is 0.312 e. The van der Waals surface area contributed by atoms with Gasteiger partial charge in [0, 0.05) is 12.8 Å². The van der Waals surface area contributed by atoms with E-state index in [0.29, 0.717) is 38.7 Å². The maximum absolute atomic E-state index is 11.8. The quantitative estimate of drug-likeness (QED) is 0.874. The normalized spacial score (nSPS) is 19.2. The Labute approximate surface area is 125 Å². The van der Waals surface area contributed by atoms with Crippen molar-refractivity contribution in [2.24, 2.45) is 5.41 Å². The molecule has 21 heavy (non-hydrogen) atoms. The molecule has 1 aromatic carbocycles. The number of ketones is 1. The maximum atomic E-state index is 11.8. The first kappa shape index (κ1) is 15.7. The van der Waals surface area contributed by atoms with Crippen molar-refractivity contribution in [1.82, 2.24) is 0 Å². The SMILES string of the molecule is CCC(OCc1ccccc1)C1(C(=O)O)CCC(=O)CC1. The fourth-order valence-electron chi connectivity index (χ4n) is 3.09. The van der Waals surface area contributed by atoms with Gasteiger partial charge in [0.1, 0.15) is 5.78 Å². The lowest BCUT2D eigenvalue weighted by Gasteiger charge is -2.39. The van der Waals surface area contributed by atoms with Crippen molar-refractivity contribution in [2.45, 2.75) is 51.7 Å². The second kappa shape index (κ2) is 6.85. The van der Waals surface area contributed by atoms with E-state index < -0.39 is 11.4 Å². The average Bonchev–Trinajstić information content (AvgIpc) is 2.50. The van der Waals surface area contributed by atoms with Crippen molar-refractivity contribution >= 4 is 11.8 Å². The zero-order valence-corrected chi connectivity index (χ0v) is 12.4. The van der Waals surface area contributed by atoms with Gasteiger partial charge in [0.05, 0.1) is 18.1 Å². The highest BCUT2D eigenvalue weighted by molar-refractivity contribution is 5.84. The number of hydrogen-bond acceptors (Lipinski definition) is 3. The van der Waals surface area contributed by atoms with Crippen LogP contribution < -0.4 is 0 Å². The molecule has 1 unspecified atom stereocenters. The van der Waals surface area contributed by atoms with E-state index in [1.165, 1.54) is 0 Å². The molecule has 2 rings (SSSR count). The Morgan fingerprint density at radius 1 is 1.29 bits per heavy atom. The summed E-state index contributed by atoms with van der Waals surface area (Å²) in [6.07, 6.45) is 1.73. The zero-order valence-electron chi connectivity index (χ0n) is 12.4. The zero-order chi connectivity index (χ0) is 15.3. The van der Waals surface area contributed by atoms with Crippen molar-refractivity contribution in [3.63, 3.8) is 0 Å². The Bertz CT molecular complexity index is 485. The molecule has 4 nitrogen and oxygen atoms in total. The number of ether oxygens (including phenoxy) is 1. The molecule has 1 atom stereocenters. The van der Waals surface area contributed by atoms with Crippen molar-refractivity contribution in [2.75, 3.05) is 0 Å². The Balaban J connectivity index is 2.09. The minimum atomic E-state index is -0.919. The molecule has 0 heterocycles. The number of rotatable bonds is 6. The first-order valence-electron chi connectivity index (χ1n) is 7.49. The van der Waals surface area contributed by atoms with Crippen LogP contribution in [0.3, 0.4) is 0 Å². The molecule has 0 amide bonds. The summed E-state index contributed by atoms with van der Waals surface area (Å²) in [5, 5.41) is 9.68. The van der Waals surface area contributed by atoms with Crippen LogP contribution in [0.25, 0.3) is 0 Å².